The van der Waals surface area contributed by atoms with E-state index < -0.39 is 11.8 Å². The molecule has 2 aromatic rings. The minimum absolute atomic E-state index is 0.0299. The molecule has 27 heavy (non-hydrogen) atoms. The molecule has 0 radical (unpaired) electrons. The summed E-state index contributed by atoms with van der Waals surface area (Å²) in [4.78, 5) is 41.1. The third-order valence-electron chi connectivity index (χ3n) is 4.99. The SMILES string of the molecule is COC1CCN(C(=O)c2ccc3c(c2)C(=O)N(c2ccccc2Cl)C3=O)C1. The molecular weight excluding hydrogens is 368 g/mol. The van der Waals surface area contributed by atoms with Gasteiger partial charge in [-0.2, -0.15) is 0 Å². The van der Waals surface area contributed by atoms with Crippen molar-refractivity contribution >= 4 is 35.0 Å². The number of halogens is 1. The Kier molecular flexibility index (Phi) is 4.45. The highest BCUT2D eigenvalue weighted by molar-refractivity contribution is 6.39. The van der Waals surface area contributed by atoms with E-state index in [1.54, 1.807) is 42.3 Å². The topological polar surface area (TPSA) is 66.9 Å². The maximum absolute atomic E-state index is 12.9. The highest BCUT2D eigenvalue weighted by atomic mass is 35.5. The molecule has 7 heteroatoms. The number of hydrogen-bond donors (Lipinski definition) is 0. The van der Waals surface area contributed by atoms with Crippen molar-refractivity contribution < 1.29 is 19.1 Å². The van der Waals surface area contributed by atoms with Crippen molar-refractivity contribution in [3.05, 3.63) is 64.2 Å². The number of imide groups is 1. The van der Waals surface area contributed by atoms with Gasteiger partial charge < -0.3 is 9.64 Å². The average molecular weight is 385 g/mol. The number of methoxy groups -OCH3 is 1. The second kappa shape index (κ2) is 6.79. The molecule has 0 N–H and O–H groups in total. The van der Waals surface area contributed by atoms with Crippen LogP contribution >= 0.6 is 11.6 Å². The predicted molar refractivity (Wildman–Crippen MR) is 100 cm³/mol. The molecule has 0 aliphatic carbocycles. The first-order valence-electron chi connectivity index (χ1n) is 8.60. The van der Waals surface area contributed by atoms with Crippen LogP contribution in [0.15, 0.2) is 42.5 Å². The van der Waals surface area contributed by atoms with Crippen molar-refractivity contribution in [2.45, 2.75) is 12.5 Å². The van der Waals surface area contributed by atoms with Crippen LogP contribution in [0.2, 0.25) is 5.02 Å². The molecule has 0 saturated carbocycles. The van der Waals surface area contributed by atoms with Crippen LogP contribution in [-0.2, 0) is 4.74 Å². The number of carbonyl (C=O) groups excluding carboxylic acids is 3. The van der Waals surface area contributed by atoms with E-state index >= 15 is 0 Å². The summed E-state index contributed by atoms with van der Waals surface area (Å²) >= 11 is 6.15. The molecule has 0 aromatic heterocycles. The standard InChI is InChI=1S/C20H17ClN2O4/c1-27-13-8-9-22(11-13)18(24)12-6-7-14-15(10-12)20(26)23(19(14)25)17-5-3-2-4-16(17)21/h2-7,10,13H,8-9,11H2,1H3. The van der Waals surface area contributed by atoms with Crippen molar-refractivity contribution in [3.63, 3.8) is 0 Å². The van der Waals surface area contributed by atoms with Crippen LogP contribution in [0.5, 0.6) is 0 Å². The normalized spacial score (nSPS) is 19.0. The molecule has 1 fully saturated rings. The summed E-state index contributed by atoms with van der Waals surface area (Å²) in [7, 11) is 1.63. The van der Waals surface area contributed by atoms with Crippen molar-refractivity contribution in [3.8, 4) is 0 Å². The zero-order valence-corrected chi connectivity index (χ0v) is 15.4. The number of fused-ring (bicyclic) bond motifs is 1. The number of nitrogens with zero attached hydrogens (tertiary/aromatic N) is 2. The Balaban J connectivity index is 1.65. The third kappa shape index (κ3) is 2.91. The fraction of sp³-hybridized carbons (Fsp3) is 0.250. The van der Waals surface area contributed by atoms with Gasteiger partial charge in [-0.25, -0.2) is 4.90 Å². The molecule has 2 aliphatic heterocycles. The van der Waals surface area contributed by atoms with Crippen molar-refractivity contribution in [2.24, 2.45) is 0 Å². The highest BCUT2D eigenvalue weighted by Crippen LogP contribution is 2.33. The zero-order valence-electron chi connectivity index (χ0n) is 14.6. The number of benzene rings is 2. The third-order valence-corrected chi connectivity index (χ3v) is 5.31. The summed E-state index contributed by atoms with van der Waals surface area (Å²) < 4.78 is 5.29. The average Bonchev–Trinajstić information content (AvgIpc) is 3.26. The lowest BCUT2D eigenvalue weighted by Gasteiger charge is -2.16. The van der Waals surface area contributed by atoms with E-state index in [0.717, 1.165) is 11.3 Å². The molecule has 2 heterocycles. The Hall–Kier alpha value is -2.70. The van der Waals surface area contributed by atoms with Crippen LogP contribution in [0.4, 0.5) is 5.69 Å². The van der Waals surface area contributed by atoms with E-state index in [9.17, 15) is 14.4 Å². The van der Waals surface area contributed by atoms with Crippen molar-refractivity contribution in [2.75, 3.05) is 25.1 Å². The molecule has 1 unspecified atom stereocenters. The number of ether oxygens (including phenoxy) is 1. The van der Waals surface area contributed by atoms with Gasteiger partial charge in [0, 0.05) is 25.8 Å². The zero-order chi connectivity index (χ0) is 19.1. The molecule has 2 aromatic carbocycles. The van der Waals surface area contributed by atoms with Crippen LogP contribution in [0.1, 0.15) is 37.5 Å². The summed E-state index contributed by atoms with van der Waals surface area (Å²) in [5.41, 5.74) is 1.20. The smallest absolute Gasteiger partial charge is 0.266 e. The Bertz CT molecular complexity index is 959. The quantitative estimate of drug-likeness (QED) is 0.763. The summed E-state index contributed by atoms with van der Waals surface area (Å²) in [6.07, 6.45) is 0.813. The molecule has 0 spiro atoms. The Morgan fingerprint density at radius 1 is 1.11 bits per heavy atom. The maximum Gasteiger partial charge on any atom is 0.266 e. The van der Waals surface area contributed by atoms with Crippen LogP contribution in [0.3, 0.4) is 0 Å². The number of rotatable bonds is 3. The number of carbonyl (C=O) groups is 3. The number of likely N-dealkylation sites (tertiary alicyclic amines) is 1. The van der Waals surface area contributed by atoms with E-state index in [-0.39, 0.29) is 23.1 Å². The fourth-order valence-electron chi connectivity index (χ4n) is 3.51. The van der Waals surface area contributed by atoms with E-state index in [1.807, 2.05) is 0 Å². The van der Waals surface area contributed by atoms with E-state index in [4.69, 9.17) is 16.3 Å². The van der Waals surface area contributed by atoms with Gasteiger partial charge in [0.2, 0.25) is 0 Å². The summed E-state index contributed by atoms with van der Waals surface area (Å²) in [6.45, 7) is 1.12. The molecule has 2 aliphatic rings. The first kappa shape index (κ1) is 17.7. The van der Waals surface area contributed by atoms with Crippen LogP contribution in [0.25, 0.3) is 0 Å². The minimum atomic E-state index is -0.478. The van der Waals surface area contributed by atoms with E-state index in [1.165, 1.54) is 12.1 Å². The molecule has 3 amide bonds. The van der Waals surface area contributed by atoms with Gasteiger partial charge in [-0.1, -0.05) is 23.7 Å². The monoisotopic (exact) mass is 384 g/mol. The highest BCUT2D eigenvalue weighted by Gasteiger charge is 2.38. The molecule has 4 rings (SSSR count). The largest absolute Gasteiger partial charge is 0.380 e. The van der Waals surface area contributed by atoms with Gasteiger partial charge in [0.15, 0.2) is 0 Å². The summed E-state index contributed by atoms with van der Waals surface area (Å²) in [5.74, 6) is -1.09. The number of hydrogen-bond acceptors (Lipinski definition) is 4. The van der Waals surface area contributed by atoms with Gasteiger partial charge in [-0.3, -0.25) is 14.4 Å². The number of para-hydroxylation sites is 1. The van der Waals surface area contributed by atoms with Gasteiger partial charge in [-0.05, 0) is 36.8 Å². The van der Waals surface area contributed by atoms with Crippen LogP contribution in [0, 0.1) is 0 Å². The minimum Gasteiger partial charge on any atom is -0.380 e. The van der Waals surface area contributed by atoms with Gasteiger partial charge >= 0.3 is 0 Å². The van der Waals surface area contributed by atoms with Crippen LogP contribution < -0.4 is 4.90 Å². The van der Waals surface area contributed by atoms with Crippen molar-refractivity contribution in [1.29, 1.82) is 0 Å². The summed E-state index contributed by atoms with van der Waals surface area (Å²) in [6, 6.07) is 11.3. The summed E-state index contributed by atoms with van der Waals surface area (Å²) in [5, 5.41) is 0.311. The van der Waals surface area contributed by atoms with Gasteiger partial charge in [0.05, 0.1) is 27.9 Å². The number of anilines is 1. The second-order valence-electron chi connectivity index (χ2n) is 6.56. The lowest BCUT2D eigenvalue weighted by Crippen LogP contribution is -2.30. The van der Waals surface area contributed by atoms with E-state index in [2.05, 4.69) is 0 Å². The molecule has 6 nitrogen and oxygen atoms in total. The number of amides is 3. The molecule has 0 bridgehead atoms. The molecule has 1 saturated heterocycles. The maximum atomic E-state index is 12.9. The lowest BCUT2D eigenvalue weighted by atomic mass is 10.0. The molecule has 138 valence electrons. The Labute approximate surface area is 161 Å². The lowest BCUT2D eigenvalue weighted by molar-refractivity contribution is 0.0724. The second-order valence-corrected chi connectivity index (χ2v) is 6.96. The fourth-order valence-corrected chi connectivity index (χ4v) is 3.73. The van der Waals surface area contributed by atoms with Crippen LogP contribution in [-0.4, -0.2) is 48.9 Å². The van der Waals surface area contributed by atoms with Crippen molar-refractivity contribution in [1.82, 2.24) is 4.90 Å². The Morgan fingerprint density at radius 3 is 2.56 bits per heavy atom. The predicted octanol–water partition coefficient (Wildman–Crippen LogP) is 3.00. The molecular formula is C20H17ClN2O4. The van der Waals surface area contributed by atoms with Gasteiger partial charge in [0.1, 0.15) is 0 Å². The van der Waals surface area contributed by atoms with Gasteiger partial charge in [-0.15, -0.1) is 0 Å². The first-order chi connectivity index (χ1) is 13.0. The first-order valence-corrected chi connectivity index (χ1v) is 8.98. The molecule has 1 atom stereocenters. The Morgan fingerprint density at radius 2 is 1.85 bits per heavy atom. The van der Waals surface area contributed by atoms with Gasteiger partial charge in [0.25, 0.3) is 17.7 Å². The van der Waals surface area contributed by atoms with E-state index in [0.29, 0.717) is 29.4 Å².